The molecule has 0 spiro atoms. The Morgan fingerprint density at radius 2 is 2.27 bits per heavy atom. The number of benzene rings is 1. The molecule has 0 fully saturated rings. The highest BCUT2D eigenvalue weighted by molar-refractivity contribution is 6.08. The molecule has 1 aromatic rings. The van der Waals surface area contributed by atoms with Crippen molar-refractivity contribution in [2.45, 2.75) is 6.32 Å². The van der Waals surface area contributed by atoms with Crippen molar-refractivity contribution in [3.05, 3.63) is 35.1 Å². The molecule has 0 aliphatic rings. The predicted molar refractivity (Wildman–Crippen MR) is 40.6 cm³/mol. The zero-order valence-electron chi connectivity index (χ0n) is 5.84. The third-order valence-electron chi connectivity index (χ3n) is 1.42. The average Bonchev–Trinajstić information content (AvgIpc) is 2.05. The maximum atomic E-state index is 13.0. The van der Waals surface area contributed by atoms with Crippen molar-refractivity contribution in [1.29, 1.82) is 5.26 Å². The number of hydrogen-bond acceptors (Lipinski definition) is 1. The molecule has 0 N–H and O–H groups in total. The monoisotopic (exact) mass is 145 g/mol. The fraction of sp³-hybridized carbons (Fsp3) is 0.125. The highest BCUT2D eigenvalue weighted by Crippen LogP contribution is 2.11. The molecule has 1 rings (SSSR count). The molecule has 0 bridgehead atoms. The molecule has 0 unspecified atom stereocenters. The Labute approximate surface area is 65.9 Å². The van der Waals surface area contributed by atoms with E-state index in [0.717, 1.165) is 0 Å². The van der Waals surface area contributed by atoms with Crippen LogP contribution < -0.4 is 0 Å². The Kier molecular flexibility index (Phi) is 2.27. The van der Waals surface area contributed by atoms with Crippen molar-refractivity contribution in [1.82, 2.24) is 0 Å². The molecule has 0 atom stereocenters. The molecule has 2 radical (unpaired) electrons. The van der Waals surface area contributed by atoms with Gasteiger partial charge in [0.1, 0.15) is 11.9 Å². The van der Waals surface area contributed by atoms with Crippen molar-refractivity contribution in [3.8, 4) is 6.07 Å². The van der Waals surface area contributed by atoms with Crippen molar-refractivity contribution in [2.24, 2.45) is 0 Å². The molecule has 3 heteroatoms. The molecule has 0 amide bonds. The topological polar surface area (TPSA) is 23.8 Å². The SMILES string of the molecule is [B]Cc1cccc(C#N)c1F. The van der Waals surface area contributed by atoms with Gasteiger partial charge in [0.15, 0.2) is 0 Å². The molecule has 0 aliphatic heterocycles. The van der Waals surface area contributed by atoms with E-state index in [1.807, 2.05) is 0 Å². The van der Waals surface area contributed by atoms with E-state index in [0.29, 0.717) is 5.56 Å². The van der Waals surface area contributed by atoms with Crippen LogP contribution in [0.3, 0.4) is 0 Å². The van der Waals surface area contributed by atoms with Crippen molar-refractivity contribution >= 4 is 7.85 Å². The lowest BCUT2D eigenvalue weighted by Gasteiger charge is -1.98. The number of nitrogens with zero attached hydrogens (tertiary/aromatic N) is 1. The van der Waals surface area contributed by atoms with Crippen LogP contribution in [-0.2, 0) is 6.32 Å². The third kappa shape index (κ3) is 1.40. The number of halogens is 1. The predicted octanol–water partition coefficient (Wildman–Crippen LogP) is 1.37. The van der Waals surface area contributed by atoms with Gasteiger partial charge in [-0.15, -0.1) is 0 Å². The van der Waals surface area contributed by atoms with Crippen LogP contribution >= 0.6 is 0 Å². The molecule has 0 aliphatic carbocycles. The second-order valence-corrected chi connectivity index (χ2v) is 2.09. The summed E-state index contributed by atoms with van der Waals surface area (Å²) in [5.41, 5.74) is 0.428. The van der Waals surface area contributed by atoms with Crippen LogP contribution in [0.2, 0.25) is 0 Å². The molecule has 1 nitrogen and oxygen atoms in total. The van der Waals surface area contributed by atoms with Gasteiger partial charge in [-0.25, -0.2) is 4.39 Å². The summed E-state index contributed by atoms with van der Waals surface area (Å²) in [6.45, 7) is 0. The Morgan fingerprint density at radius 3 is 2.82 bits per heavy atom. The first kappa shape index (κ1) is 7.81. The summed E-state index contributed by atoms with van der Waals surface area (Å²) in [6, 6.07) is 6.35. The van der Waals surface area contributed by atoms with Crippen LogP contribution in [0.25, 0.3) is 0 Å². The van der Waals surface area contributed by atoms with E-state index >= 15 is 0 Å². The quantitative estimate of drug-likeness (QED) is 0.547. The molecule has 0 heterocycles. The minimum absolute atomic E-state index is 0.0490. The second-order valence-electron chi connectivity index (χ2n) is 2.09. The van der Waals surface area contributed by atoms with Gasteiger partial charge >= 0.3 is 0 Å². The van der Waals surface area contributed by atoms with E-state index < -0.39 is 5.82 Å². The molecule has 1 aromatic carbocycles. The minimum atomic E-state index is -0.502. The minimum Gasteiger partial charge on any atom is -0.205 e. The van der Waals surface area contributed by atoms with Gasteiger partial charge in [-0.3, -0.25) is 0 Å². The first-order valence-corrected chi connectivity index (χ1v) is 3.17. The highest BCUT2D eigenvalue weighted by atomic mass is 19.1. The van der Waals surface area contributed by atoms with Crippen molar-refractivity contribution in [3.63, 3.8) is 0 Å². The molecule has 0 aromatic heterocycles. The van der Waals surface area contributed by atoms with Crippen LogP contribution in [0.15, 0.2) is 18.2 Å². The fourth-order valence-electron chi connectivity index (χ4n) is 0.824. The van der Waals surface area contributed by atoms with Crippen LogP contribution in [-0.4, -0.2) is 7.85 Å². The van der Waals surface area contributed by atoms with Crippen molar-refractivity contribution in [2.75, 3.05) is 0 Å². The Morgan fingerprint density at radius 1 is 1.55 bits per heavy atom. The lowest BCUT2D eigenvalue weighted by Crippen LogP contribution is -1.92. The van der Waals surface area contributed by atoms with E-state index in [4.69, 9.17) is 13.1 Å². The summed E-state index contributed by atoms with van der Waals surface area (Å²) in [6.07, 6.45) is 0.126. The second kappa shape index (κ2) is 3.20. The Hall–Kier alpha value is -1.30. The first-order chi connectivity index (χ1) is 5.29. The summed E-state index contributed by atoms with van der Waals surface area (Å²) in [7, 11) is 5.22. The lowest BCUT2D eigenvalue weighted by molar-refractivity contribution is 0.613. The zero-order chi connectivity index (χ0) is 8.27. The lowest BCUT2D eigenvalue weighted by atomic mass is 9.95. The maximum Gasteiger partial charge on any atom is 0.143 e. The average molecular weight is 145 g/mol. The largest absolute Gasteiger partial charge is 0.205 e. The fourth-order valence-corrected chi connectivity index (χ4v) is 0.824. The summed E-state index contributed by atoms with van der Waals surface area (Å²) < 4.78 is 13.0. The van der Waals surface area contributed by atoms with E-state index in [1.165, 1.54) is 6.07 Å². The van der Waals surface area contributed by atoms with E-state index in [9.17, 15) is 4.39 Å². The molecule has 0 saturated carbocycles. The van der Waals surface area contributed by atoms with Gasteiger partial charge in [-0.2, -0.15) is 5.26 Å². The first-order valence-electron chi connectivity index (χ1n) is 3.17. The van der Waals surface area contributed by atoms with Crippen LogP contribution in [0.5, 0.6) is 0 Å². The van der Waals surface area contributed by atoms with E-state index in [1.54, 1.807) is 18.2 Å². The van der Waals surface area contributed by atoms with Gasteiger partial charge < -0.3 is 0 Å². The smallest absolute Gasteiger partial charge is 0.143 e. The van der Waals surface area contributed by atoms with Crippen LogP contribution in [0.4, 0.5) is 4.39 Å². The van der Waals surface area contributed by atoms with Crippen LogP contribution in [0.1, 0.15) is 11.1 Å². The van der Waals surface area contributed by atoms with Gasteiger partial charge in [-0.05, 0) is 11.6 Å². The summed E-state index contributed by atoms with van der Waals surface area (Å²) in [4.78, 5) is 0. The number of rotatable bonds is 1. The molecular formula is C8H5BFN. The molecule has 0 saturated heterocycles. The number of nitriles is 1. The summed E-state index contributed by atoms with van der Waals surface area (Å²) in [5, 5.41) is 8.41. The van der Waals surface area contributed by atoms with Crippen LogP contribution in [0, 0.1) is 17.1 Å². The van der Waals surface area contributed by atoms with Gasteiger partial charge in [0.05, 0.1) is 13.4 Å². The van der Waals surface area contributed by atoms with Gasteiger partial charge in [0.2, 0.25) is 0 Å². The molecular weight excluding hydrogens is 140 g/mol. The standard InChI is InChI=1S/C8H5BFN/c9-4-6-2-1-3-7(5-11)8(6)10/h1-3H,4H2. The normalized spacial score (nSPS) is 9.09. The molecule has 52 valence electrons. The molecule has 11 heavy (non-hydrogen) atoms. The maximum absolute atomic E-state index is 13.0. The Balaban J connectivity index is 3.23. The van der Waals surface area contributed by atoms with Gasteiger partial charge in [-0.1, -0.05) is 18.5 Å². The van der Waals surface area contributed by atoms with Crippen molar-refractivity contribution < 1.29 is 4.39 Å². The van der Waals surface area contributed by atoms with Gasteiger partial charge in [0.25, 0.3) is 0 Å². The summed E-state index contributed by atoms with van der Waals surface area (Å²) in [5.74, 6) is -0.502. The summed E-state index contributed by atoms with van der Waals surface area (Å²) >= 11 is 0. The zero-order valence-corrected chi connectivity index (χ0v) is 5.84. The third-order valence-corrected chi connectivity index (χ3v) is 1.42. The van der Waals surface area contributed by atoms with E-state index in [2.05, 4.69) is 0 Å². The van der Waals surface area contributed by atoms with E-state index in [-0.39, 0.29) is 11.9 Å². The Bertz CT molecular complexity index is 303. The van der Waals surface area contributed by atoms with Gasteiger partial charge in [0, 0.05) is 0 Å². The number of hydrogen-bond donors (Lipinski definition) is 0. The highest BCUT2D eigenvalue weighted by Gasteiger charge is 2.03.